The molecule has 2 nitrogen and oxygen atoms in total. The third-order valence-electron chi connectivity index (χ3n) is 1.96. The van der Waals surface area contributed by atoms with Crippen molar-refractivity contribution in [3.63, 3.8) is 0 Å². The summed E-state index contributed by atoms with van der Waals surface area (Å²) < 4.78 is 37.8. The fourth-order valence-electron chi connectivity index (χ4n) is 1.26. The first-order valence-electron chi connectivity index (χ1n) is 4.46. The summed E-state index contributed by atoms with van der Waals surface area (Å²) in [5, 5.41) is -0.0587. The van der Waals surface area contributed by atoms with Gasteiger partial charge in [0.1, 0.15) is 0 Å². The molecule has 0 aromatic heterocycles. The number of Topliss-reactive ketones (excluding diaryl/α,β-unsaturated/α-hetero) is 1. The third kappa shape index (κ3) is 2.96. The maximum atomic E-state index is 12.6. The topological polar surface area (TPSA) is 43.1 Å². The second kappa shape index (κ2) is 4.84. The van der Waals surface area contributed by atoms with E-state index >= 15 is 0 Å². The van der Waals surface area contributed by atoms with Gasteiger partial charge < -0.3 is 5.73 Å². The Morgan fingerprint density at radius 2 is 2.00 bits per heavy atom. The highest BCUT2D eigenvalue weighted by atomic mass is 35.5. The van der Waals surface area contributed by atoms with Crippen LogP contribution in [0.5, 0.6) is 0 Å². The summed E-state index contributed by atoms with van der Waals surface area (Å²) in [6.07, 6.45) is -4.71. The van der Waals surface area contributed by atoms with Gasteiger partial charge in [-0.05, 0) is 24.7 Å². The summed E-state index contributed by atoms with van der Waals surface area (Å²) in [4.78, 5) is 11.4. The van der Waals surface area contributed by atoms with Crippen molar-refractivity contribution in [3.05, 3.63) is 34.3 Å². The van der Waals surface area contributed by atoms with Gasteiger partial charge in [0.15, 0.2) is 5.78 Å². The molecule has 0 spiro atoms. The lowest BCUT2D eigenvalue weighted by Crippen LogP contribution is -2.15. The van der Waals surface area contributed by atoms with E-state index in [1.165, 1.54) is 6.07 Å². The van der Waals surface area contributed by atoms with Crippen LogP contribution in [0.1, 0.15) is 22.3 Å². The summed E-state index contributed by atoms with van der Waals surface area (Å²) in [5.41, 5.74) is 3.73. The van der Waals surface area contributed by atoms with Crippen molar-refractivity contribution in [2.75, 3.05) is 6.54 Å². The van der Waals surface area contributed by atoms with Gasteiger partial charge in [-0.3, -0.25) is 4.79 Å². The fraction of sp³-hybridized carbons (Fsp3) is 0.300. The number of carbonyl (C=O) groups excluding carboxylic acids is 1. The molecule has 0 heterocycles. The molecule has 88 valence electrons. The molecule has 0 amide bonds. The fourth-order valence-corrected chi connectivity index (χ4v) is 1.43. The van der Waals surface area contributed by atoms with Crippen LogP contribution in [0.2, 0.25) is 5.02 Å². The number of nitrogens with two attached hydrogens (primary N) is 1. The summed E-state index contributed by atoms with van der Waals surface area (Å²) >= 11 is 5.47. The van der Waals surface area contributed by atoms with Crippen LogP contribution in [0, 0.1) is 0 Å². The summed E-state index contributed by atoms with van der Waals surface area (Å²) in [6, 6.07) is 3.06. The highest BCUT2D eigenvalue weighted by Gasteiger charge is 2.35. The molecule has 0 bridgehead atoms. The molecular formula is C10H9ClF3NO. The molecule has 1 rings (SSSR count). The lowest BCUT2D eigenvalue weighted by atomic mass is 10.0. The van der Waals surface area contributed by atoms with E-state index in [0.717, 1.165) is 12.1 Å². The Kier molecular flexibility index (Phi) is 3.93. The molecule has 0 aliphatic heterocycles. The lowest BCUT2D eigenvalue weighted by molar-refractivity contribution is -0.137. The van der Waals surface area contributed by atoms with Gasteiger partial charge in [-0.2, -0.15) is 13.2 Å². The van der Waals surface area contributed by atoms with Crippen LogP contribution in [-0.4, -0.2) is 12.3 Å². The molecule has 6 heteroatoms. The minimum absolute atomic E-state index is 0.0127. The maximum Gasteiger partial charge on any atom is 0.417 e. The van der Waals surface area contributed by atoms with Gasteiger partial charge in [-0.25, -0.2) is 0 Å². The third-order valence-corrected chi connectivity index (χ3v) is 2.19. The summed E-state index contributed by atoms with van der Waals surface area (Å²) in [6.45, 7) is 0.0127. The molecule has 1 aromatic rings. The predicted octanol–water partition coefficient (Wildman–Crippen LogP) is 2.89. The molecule has 0 saturated heterocycles. The van der Waals surface area contributed by atoms with Crippen LogP contribution in [0.4, 0.5) is 13.2 Å². The zero-order valence-electron chi connectivity index (χ0n) is 8.14. The van der Waals surface area contributed by atoms with Crippen molar-refractivity contribution in [3.8, 4) is 0 Å². The number of rotatable bonds is 3. The molecule has 0 atom stereocenters. The molecule has 0 saturated carbocycles. The van der Waals surface area contributed by atoms with Crippen LogP contribution in [0.3, 0.4) is 0 Å². The molecule has 0 unspecified atom stereocenters. The van der Waals surface area contributed by atoms with Gasteiger partial charge in [-0.15, -0.1) is 0 Å². The van der Waals surface area contributed by atoms with E-state index in [4.69, 9.17) is 17.3 Å². The minimum Gasteiger partial charge on any atom is -0.330 e. The van der Waals surface area contributed by atoms with Crippen molar-refractivity contribution in [1.82, 2.24) is 0 Å². The Labute approximate surface area is 95.2 Å². The Balaban J connectivity index is 3.23. The van der Waals surface area contributed by atoms with Crippen LogP contribution in [-0.2, 0) is 6.18 Å². The van der Waals surface area contributed by atoms with Gasteiger partial charge >= 0.3 is 6.18 Å². The molecule has 0 radical (unpaired) electrons. The first kappa shape index (κ1) is 13.0. The Bertz CT molecular complexity index is 404. The highest BCUT2D eigenvalue weighted by molar-refractivity contribution is 6.30. The van der Waals surface area contributed by atoms with Crippen LogP contribution in [0.25, 0.3) is 0 Å². The number of alkyl halides is 3. The number of hydrogen-bond donors (Lipinski definition) is 1. The van der Waals surface area contributed by atoms with Crippen LogP contribution in [0.15, 0.2) is 18.2 Å². The molecule has 0 fully saturated rings. The molecule has 2 N–H and O–H groups in total. The summed E-state index contributed by atoms with van der Waals surface area (Å²) in [7, 11) is 0. The van der Waals surface area contributed by atoms with Crippen molar-refractivity contribution >= 4 is 17.4 Å². The second-order valence-electron chi connectivity index (χ2n) is 3.15. The number of hydrogen-bond acceptors (Lipinski definition) is 2. The van der Waals surface area contributed by atoms with Gasteiger partial charge in [0.25, 0.3) is 0 Å². The maximum absolute atomic E-state index is 12.6. The largest absolute Gasteiger partial charge is 0.417 e. The predicted molar refractivity (Wildman–Crippen MR) is 54.5 cm³/mol. The van der Waals surface area contributed by atoms with Crippen molar-refractivity contribution in [2.24, 2.45) is 5.73 Å². The SMILES string of the molecule is NCCC(=O)c1ccc(Cl)cc1C(F)(F)F. The molecule has 16 heavy (non-hydrogen) atoms. The van der Waals surface area contributed by atoms with Crippen molar-refractivity contribution in [2.45, 2.75) is 12.6 Å². The number of ketones is 1. The number of benzene rings is 1. The molecule has 0 aliphatic rings. The van der Waals surface area contributed by atoms with E-state index in [-0.39, 0.29) is 23.6 Å². The second-order valence-corrected chi connectivity index (χ2v) is 3.59. The van der Waals surface area contributed by atoms with Gasteiger partial charge in [0.05, 0.1) is 5.56 Å². The lowest BCUT2D eigenvalue weighted by Gasteiger charge is -2.12. The minimum atomic E-state index is -4.59. The average Bonchev–Trinajstić information content (AvgIpc) is 2.16. The zero-order valence-corrected chi connectivity index (χ0v) is 8.90. The van der Waals surface area contributed by atoms with E-state index in [0.29, 0.717) is 0 Å². The van der Waals surface area contributed by atoms with E-state index in [2.05, 4.69) is 0 Å². The van der Waals surface area contributed by atoms with E-state index in [9.17, 15) is 18.0 Å². The first-order valence-corrected chi connectivity index (χ1v) is 4.84. The standard InChI is InChI=1S/C10H9ClF3NO/c11-6-1-2-7(9(16)3-4-15)8(5-6)10(12,13)14/h1-2,5H,3-4,15H2. The van der Waals surface area contributed by atoms with E-state index in [1.807, 2.05) is 0 Å². The van der Waals surface area contributed by atoms with Crippen molar-refractivity contribution < 1.29 is 18.0 Å². The molecular weight excluding hydrogens is 243 g/mol. The zero-order chi connectivity index (χ0) is 12.3. The van der Waals surface area contributed by atoms with Gasteiger partial charge in [0.2, 0.25) is 0 Å². The Hall–Kier alpha value is -1.07. The monoisotopic (exact) mass is 251 g/mol. The first-order chi connectivity index (χ1) is 7.36. The van der Waals surface area contributed by atoms with Gasteiger partial charge in [-0.1, -0.05) is 11.6 Å². The van der Waals surface area contributed by atoms with Crippen LogP contribution >= 0.6 is 11.6 Å². The number of halogens is 4. The Morgan fingerprint density at radius 3 is 2.50 bits per heavy atom. The van der Waals surface area contributed by atoms with Gasteiger partial charge in [0, 0.05) is 17.0 Å². The normalized spacial score (nSPS) is 11.6. The summed E-state index contributed by atoms with van der Waals surface area (Å²) in [5.74, 6) is -0.633. The van der Waals surface area contributed by atoms with Crippen molar-refractivity contribution in [1.29, 1.82) is 0 Å². The average molecular weight is 252 g/mol. The van der Waals surface area contributed by atoms with Crippen LogP contribution < -0.4 is 5.73 Å². The molecule has 1 aromatic carbocycles. The van der Waals surface area contributed by atoms with E-state index in [1.54, 1.807) is 0 Å². The highest BCUT2D eigenvalue weighted by Crippen LogP contribution is 2.34. The quantitative estimate of drug-likeness (QED) is 0.840. The van der Waals surface area contributed by atoms with E-state index < -0.39 is 17.5 Å². The Morgan fingerprint density at radius 1 is 1.38 bits per heavy atom. The number of carbonyl (C=O) groups is 1. The molecule has 0 aliphatic carbocycles. The smallest absolute Gasteiger partial charge is 0.330 e.